The fourth-order valence-corrected chi connectivity index (χ4v) is 2.79. The van der Waals surface area contributed by atoms with Gasteiger partial charge in [0, 0.05) is 29.2 Å². The molecule has 24 heavy (non-hydrogen) atoms. The van der Waals surface area contributed by atoms with Crippen LogP contribution in [0.3, 0.4) is 0 Å². The SMILES string of the molecule is Cc1ccc(NCc2cc3cc4c(cc3[nH]c2=O)OCCO4)cc1. The van der Waals surface area contributed by atoms with Gasteiger partial charge in [0.25, 0.3) is 5.56 Å². The van der Waals surface area contributed by atoms with Crippen LogP contribution in [0.5, 0.6) is 11.5 Å². The minimum Gasteiger partial charge on any atom is -0.486 e. The highest BCUT2D eigenvalue weighted by Crippen LogP contribution is 2.33. The molecule has 5 nitrogen and oxygen atoms in total. The van der Waals surface area contributed by atoms with Crippen molar-refractivity contribution in [1.82, 2.24) is 4.98 Å². The molecule has 0 unspecified atom stereocenters. The second-order valence-corrected chi connectivity index (χ2v) is 5.93. The quantitative estimate of drug-likeness (QED) is 0.777. The molecule has 0 saturated carbocycles. The molecular weight excluding hydrogens is 304 g/mol. The Kier molecular flexibility index (Phi) is 3.61. The molecule has 0 aliphatic carbocycles. The van der Waals surface area contributed by atoms with Crippen LogP contribution in [0, 0.1) is 6.92 Å². The van der Waals surface area contributed by atoms with Gasteiger partial charge in [-0.2, -0.15) is 0 Å². The van der Waals surface area contributed by atoms with Gasteiger partial charge >= 0.3 is 0 Å². The average Bonchev–Trinajstić information content (AvgIpc) is 2.59. The Hall–Kier alpha value is -2.95. The molecule has 0 amide bonds. The number of nitrogens with one attached hydrogen (secondary N) is 2. The van der Waals surface area contributed by atoms with Crippen LogP contribution in [-0.4, -0.2) is 18.2 Å². The summed E-state index contributed by atoms with van der Waals surface area (Å²) in [4.78, 5) is 15.2. The lowest BCUT2D eigenvalue weighted by atomic mass is 10.1. The van der Waals surface area contributed by atoms with Crippen LogP contribution in [0.2, 0.25) is 0 Å². The van der Waals surface area contributed by atoms with Crippen LogP contribution in [0.1, 0.15) is 11.1 Å². The summed E-state index contributed by atoms with van der Waals surface area (Å²) in [5, 5.41) is 4.21. The maximum Gasteiger partial charge on any atom is 0.253 e. The number of H-pyrrole nitrogens is 1. The Morgan fingerprint density at radius 2 is 1.75 bits per heavy atom. The van der Waals surface area contributed by atoms with E-state index < -0.39 is 0 Å². The van der Waals surface area contributed by atoms with Gasteiger partial charge in [-0.05, 0) is 31.2 Å². The number of rotatable bonds is 3. The number of ether oxygens (including phenoxy) is 2. The lowest BCUT2D eigenvalue weighted by Crippen LogP contribution is -2.17. The largest absolute Gasteiger partial charge is 0.486 e. The second-order valence-electron chi connectivity index (χ2n) is 5.93. The number of benzene rings is 2. The van der Waals surface area contributed by atoms with E-state index in [0.717, 1.165) is 22.3 Å². The van der Waals surface area contributed by atoms with E-state index in [1.807, 2.05) is 49.4 Å². The average molecular weight is 322 g/mol. The number of fused-ring (bicyclic) bond motifs is 2. The van der Waals surface area contributed by atoms with Gasteiger partial charge in [-0.1, -0.05) is 17.7 Å². The Morgan fingerprint density at radius 1 is 1.04 bits per heavy atom. The Balaban J connectivity index is 1.64. The molecule has 0 radical (unpaired) electrons. The van der Waals surface area contributed by atoms with Crippen molar-refractivity contribution in [1.29, 1.82) is 0 Å². The van der Waals surface area contributed by atoms with Gasteiger partial charge in [-0.15, -0.1) is 0 Å². The number of aromatic nitrogens is 1. The third kappa shape index (κ3) is 2.80. The van der Waals surface area contributed by atoms with E-state index in [1.165, 1.54) is 5.56 Å². The fraction of sp³-hybridized carbons (Fsp3) is 0.211. The molecule has 1 aliphatic heterocycles. The molecule has 4 rings (SSSR count). The van der Waals surface area contributed by atoms with Crippen molar-refractivity contribution in [2.45, 2.75) is 13.5 Å². The van der Waals surface area contributed by atoms with E-state index in [2.05, 4.69) is 10.3 Å². The van der Waals surface area contributed by atoms with E-state index in [4.69, 9.17) is 9.47 Å². The van der Waals surface area contributed by atoms with Gasteiger partial charge in [-0.3, -0.25) is 4.79 Å². The lowest BCUT2D eigenvalue weighted by molar-refractivity contribution is 0.172. The standard InChI is InChI=1S/C19H18N2O3/c1-12-2-4-15(5-3-12)20-11-14-8-13-9-17-18(24-7-6-23-17)10-16(13)21-19(14)22/h2-5,8-10,20H,6-7,11H2,1H3,(H,21,22). The van der Waals surface area contributed by atoms with Crippen LogP contribution in [0.15, 0.2) is 47.3 Å². The van der Waals surface area contributed by atoms with Crippen LogP contribution >= 0.6 is 0 Å². The topological polar surface area (TPSA) is 63.4 Å². The predicted octanol–water partition coefficient (Wildman–Crippen LogP) is 3.22. The summed E-state index contributed by atoms with van der Waals surface area (Å²) in [5.41, 5.74) is 3.53. The molecule has 0 bridgehead atoms. The first-order valence-corrected chi connectivity index (χ1v) is 7.95. The highest BCUT2D eigenvalue weighted by atomic mass is 16.6. The summed E-state index contributed by atoms with van der Waals surface area (Å²) < 4.78 is 11.2. The van der Waals surface area contributed by atoms with Crippen LogP contribution in [-0.2, 0) is 6.54 Å². The molecule has 1 aromatic heterocycles. The Labute approximate surface area is 139 Å². The van der Waals surface area contributed by atoms with Gasteiger partial charge in [0.1, 0.15) is 13.2 Å². The number of anilines is 1. The Morgan fingerprint density at radius 3 is 2.50 bits per heavy atom. The zero-order chi connectivity index (χ0) is 16.5. The predicted molar refractivity (Wildman–Crippen MR) is 94.1 cm³/mol. The monoisotopic (exact) mass is 322 g/mol. The fourth-order valence-electron chi connectivity index (χ4n) is 2.79. The number of aromatic amines is 1. The molecule has 0 fully saturated rings. The third-order valence-corrected chi connectivity index (χ3v) is 4.12. The van der Waals surface area contributed by atoms with Gasteiger partial charge < -0.3 is 19.8 Å². The molecule has 1 aliphatic rings. The van der Waals surface area contributed by atoms with E-state index in [1.54, 1.807) is 0 Å². The van der Waals surface area contributed by atoms with Crippen molar-refractivity contribution in [3.05, 3.63) is 63.9 Å². The van der Waals surface area contributed by atoms with Crippen molar-refractivity contribution >= 4 is 16.6 Å². The number of hydrogen-bond donors (Lipinski definition) is 2. The summed E-state index contributed by atoms with van der Waals surface area (Å²) in [7, 11) is 0. The van der Waals surface area contributed by atoms with E-state index in [9.17, 15) is 4.79 Å². The number of pyridine rings is 1. The van der Waals surface area contributed by atoms with Crippen molar-refractivity contribution in [2.24, 2.45) is 0 Å². The van der Waals surface area contributed by atoms with Crippen molar-refractivity contribution in [3.8, 4) is 11.5 Å². The summed E-state index contributed by atoms with van der Waals surface area (Å²) in [5.74, 6) is 1.40. The number of hydrogen-bond acceptors (Lipinski definition) is 4. The highest BCUT2D eigenvalue weighted by Gasteiger charge is 2.14. The van der Waals surface area contributed by atoms with Crippen LogP contribution < -0.4 is 20.3 Å². The van der Waals surface area contributed by atoms with E-state index in [-0.39, 0.29) is 5.56 Å². The maximum absolute atomic E-state index is 12.3. The first-order valence-electron chi connectivity index (χ1n) is 7.95. The van der Waals surface area contributed by atoms with E-state index >= 15 is 0 Å². The van der Waals surface area contributed by atoms with Gasteiger partial charge in [-0.25, -0.2) is 0 Å². The summed E-state index contributed by atoms with van der Waals surface area (Å²) >= 11 is 0. The van der Waals surface area contributed by atoms with Crippen molar-refractivity contribution < 1.29 is 9.47 Å². The second kappa shape index (κ2) is 5.92. The highest BCUT2D eigenvalue weighted by molar-refractivity contribution is 5.83. The molecule has 3 aromatic rings. The van der Waals surface area contributed by atoms with Crippen molar-refractivity contribution in [3.63, 3.8) is 0 Å². The minimum atomic E-state index is -0.0983. The molecule has 5 heteroatoms. The zero-order valence-electron chi connectivity index (χ0n) is 13.4. The normalized spacial score (nSPS) is 13.0. The molecule has 0 spiro atoms. The lowest BCUT2D eigenvalue weighted by Gasteiger charge is -2.19. The van der Waals surface area contributed by atoms with Gasteiger partial charge in [0.2, 0.25) is 0 Å². The molecule has 2 heterocycles. The third-order valence-electron chi connectivity index (χ3n) is 4.12. The van der Waals surface area contributed by atoms with Gasteiger partial charge in [0.05, 0.1) is 5.52 Å². The summed E-state index contributed by atoms with van der Waals surface area (Å²) in [6.07, 6.45) is 0. The smallest absolute Gasteiger partial charge is 0.253 e. The first kappa shape index (κ1) is 14.6. The molecule has 122 valence electrons. The molecule has 0 saturated heterocycles. The minimum absolute atomic E-state index is 0.0983. The summed E-state index contributed by atoms with van der Waals surface area (Å²) in [6, 6.07) is 13.7. The maximum atomic E-state index is 12.3. The Bertz CT molecular complexity index is 945. The first-order chi connectivity index (χ1) is 11.7. The zero-order valence-corrected chi connectivity index (χ0v) is 13.4. The van der Waals surface area contributed by atoms with Crippen molar-refractivity contribution in [2.75, 3.05) is 18.5 Å². The van der Waals surface area contributed by atoms with Crippen LogP contribution in [0.4, 0.5) is 5.69 Å². The number of aryl methyl sites for hydroxylation is 1. The van der Waals surface area contributed by atoms with Crippen LogP contribution in [0.25, 0.3) is 10.9 Å². The molecule has 2 N–H and O–H groups in total. The molecular formula is C19H18N2O3. The molecule has 0 atom stereocenters. The van der Waals surface area contributed by atoms with Gasteiger partial charge in [0.15, 0.2) is 11.5 Å². The summed E-state index contributed by atoms with van der Waals surface area (Å²) in [6.45, 7) is 3.58. The molecule has 2 aromatic carbocycles. The van der Waals surface area contributed by atoms with E-state index in [0.29, 0.717) is 31.1 Å².